The number of nitrogens with zero attached hydrogens (tertiary/aromatic N) is 1. The largest absolute Gasteiger partial charge is 0.467 e. The minimum atomic E-state index is -2.70. The lowest BCUT2D eigenvalue weighted by molar-refractivity contribution is -0.144. The van der Waals surface area contributed by atoms with Gasteiger partial charge in [-0.25, -0.2) is 4.79 Å². The summed E-state index contributed by atoms with van der Waals surface area (Å²) in [6.45, 7) is -0.614. The van der Waals surface area contributed by atoms with Crippen molar-refractivity contribution in [3.8, 4) is 0 Å². The van der Waals surface area contributed by atoms with Gasteiger partial charge in [-0.05, 0) is 11.6 Å². The lowest BCUT2D eigenvalue weighted by Crippen LogP contribution is -2.44. The number of carbonyl (C=O) groups is 2. The Hall–Kier alpha value is -2.75. The number of benzene rings is 1. The normalized spacial score (nSPS) is 11.2. The van der Waals surface area contributed by atoms with Crippen molar-refractivity contribution < 1.29 is 22.7 Å². The average molecular weight is 340 g/mol. The number of carbonyl (C=O) groups excluding carboxylic acids is 2. The highest BCUT2D eigenvalue weighted by molar-refractivity contribution is 7.61. The first-order chi connectivity index (χ1) is 10.8. The van der Waals surface area contributed by atoms with Crippen LogP contribution in [0.2, 0.25) is 0 Å². The maximum absolute atomic E-state index is 11.8. The number of nitrogen functional groups attached to an aromatic ring is 1. The maximum Gasteiger partial charge on any atom is 0.328 e. The predicted octanol–water partition coefficient (Wildman–Crippen LogP) is -0.766. The number of nitrogens with two attached hydrogens (primary N) is 1. The van der Waals surface area contributed by atoms with E-state index in [0.29, 0.717) is 11.1 Å². The van der Waals surface area contributed by atoms with Crippen LogP contribution in [-0.2, 0) is 31.2 Å². The Morgan fingerprint density at radius 2 is 2.13 bits per heavy atom. The van der Waals surface area contributed by atoms with Gasteiger partial charge in [0.2, 0.25) is 5.91 Å². The summed E-state index contributed by atoms with van der Waals surface area (Å²) in [5.74, 6) is -1.54. The van der Waals surface area contributed by atoms with E-state index in [1.54, 1.807) is 24.3 Å². The average Bonchev–Trinajstić information content (AvgIpc) is 2.51. The number of esters is 1. The molecule has 124 valence electrons. The quantitative estimate of drug-likeness (QED) is 0.337. The van der Waals surface area contributed by atoms with E-state index >= 15 is 0 Å². The van der Waals surface area contributed by atoms with Crippen molar-refractivity contribution in [1.29, 1.82) is 5.41 Å². The summed E-state index contributed by atoms with van der Waals surface area (Å²) in [7, 11) is -1.53. The second kappa shape index (κ2) is 8.63. The molecule has 0 aliphatic carbocycles. The molecular formula is C13H16N4O5S. The van der Waals surface area contributed by atoms with Crippen LogP contribution in [0.15, 0.2) is 28.6 Å². The molecule has 0 aliphatic rings. The van der Waals surface area contributed by atoms with Gasteiger partial charge in [-0.1, -0.05) is 18.2 Å². The number of nitrogens with one attached hydrogen (secondary N) is 2. The second-order valence-corrected chi connectivity index (χ2v) is 5.16. The van der Waals surface area contributed by atoms with E-state index in [-0.39, 0.29) is 12.3 Å². The van der Waals surface area contributed by atoms with Crippen LogP contribution in [0.1, 0.15) is 11.1 Å². The van der Waals surface area contributed by atoms with Gasteiger partial charge >= 0.3 is 16.5 Å². The molecule has 0 aliphatic heterocycles. The fourth-order valence-corrected chi connectivity index (χ4v) is 2.01. The molecule has 0 fully saturated rings. The smallest absolute Gasteiger partial charge is 0.328 e. The molecule has 1 aromatic rings. The second-order valence-electron chi connectivity index (χ2n) is 4.47. The number of methoxy groups -OCH3 is 1. The zero-order chi connectivity index (χ0) is 17.4. The van der Waals surface area contributed by atoms with Crippen molar-refractivity contribution >= 4 is 28.2 Å². The number of ether oxygens (including phenoxy) is 1. The van der Waals surface area contributed by atoms with Crippen LogP contribution in [0.4, 0.5) is 0 Å². The lowest BCUT2D eigenvalue weighted by Gasteiger charge is -2.16. The molecule has 23 heavy (non-hydrogen) atoms. The summed E-state index contributed by atoms with van der Waals surface area (Å²) < 4.78 is 28.2. The van der Waals surface area contributed by atoms with Crippen LogP contribution in [0, 0.1) is 5.41 Å². The summed E-state index contributed by atoms with van der Waals surface area (Å²) in [6, 6.07) is 5.61. The van der Waals surface area contributed by atoms with Crippen molar-refractivity contribution in [2.24, 2.45) is 10.1 Å². The van der Waals surface area contributed by atoms with Crippen LogP contribution < -0.4 is 11.1 Å². The highest BCUT2D eigenvalue weighted by Gasteiger charge is 2.22. The molecule has 0 bridgehead atoms. The molecule has 1 amide bonds. The molecule has 0 saturated heterocycles. The van der Waals surface area contributed by atoms with E-state index in [0.717, 1.165) is 0 Å². The summed E-state index contributed by atoms with van der Waals surface area (Å²) in [5.41, 5.74) is 6.53. The summed E-state index contributed by atoms with van der Waals surface area (Å²) >= 11 is 0. The molecular weight excluding hydrogens is 324 g/mol. The van der Waals surface area contributed by atoms with Crippen LogP contribution in [-0.4, -0.2) is 45.8 Å². The number of hydrogen-bond acceptors (Lipinski definition) is 7. The summed E-state index contributed by atoms with van der Waals surface area (Å²) in [4.78, 5) is 23.4. The molecule has 0 unspecified atom stereocenters. The van der Waals surface area contributed by atoms with Gasteiger partial charge in [0.25, 0.3) is 0 Å². The van der Waals surface area contributed by atoms with Gasteiger partial charge in [0, 0.05) is 12.0 Å². The SMILES string of the molecule is COC(=O)[C@H](Cc1cccc(C(=N)N)c1)NC(=O)CN=S(=O)=O. The molecule has 1 atom stereocenters. The Morgan fingerprint density at radius 3 is 2.70 bits per heavy atom. The first kappa shape index (κ1) is 18.3. The van der Waals surface area contributed by atoms with Gasteiger partial charge in [-0.15, -0.1) is 0 Å². The Kier molecular flexibility index (Phi) is 6.87. The van der Waals surface area contributed by atoms with Gasteiger partial charge in [0.1, 0.15) is 18.4 Å². The molecule has 0 heterocycles. The van der Waals surface area contributed by atoms with E-state index in [4.69, 9.17) is 11.1 Å². The van der Waals surface area contributed by atoms with Crippen LogP contribution in [0.3, 0.4) is 0 Å². The van der Waals surface area contributed by atoms with Crippen LogP contribution in [0.5, 0.6) is 0 Å². The van der Waals surface area contributed by atoms with Gasteiger partial charge in [0.15, 0.2) is 0 Å². The standard InChI is InChI=1S/C13H16N4O5S/c1-22-13(19)10(17-11(18)7-16-23(20)21)6-8-3-2-4-9(5-8)12(14)15/h2-5,10H,6-7H2,1H3,(H3,14,15)(H,17,18)/t10-/m0/s1. The zero-order valence-corrected chi connectivity index (χ0v) is 13.1. The van der Waals surface area contributed by atoms with E-state index < -0.39 is 35.0 Å². The minimum Gasteiger partial charge on any atom is -0.467 e. The van der Waals surface area contributed by atoms with Gasteiger partial charge in [-0.3, -0.25) is 10.2 Å². The number of amides is 1. The predicted molar refractivity (Wildman–Crippen MR) is 81.3 cm³/mol. The minimum absolute atomic E-state index is 0.0972. The maximum atomic E-state index is 11.8. The van der Waals surface area contributed by atoms with Crippen molar-refractivity contribution in [2.45, 2.75) is 12.5 Å². The molecule has 0 saturated carbocycles. The Bertz CT molecular complexity index is 736. The van der Waals surface area contributed by atoms with Crippen LogP contribution in [0.25, 0.3) is 0 Å². The third kappa shape index (κ3) is 6.26. The van der Waals surface area contributed by atoms with E-state index in [2.05, 4.69) is 14.4 Å². The molecule has 4 N–H and O–H groups in total. The summed E-state index contributed by atoms with van der Waals surface area (Å²) in [5, 5.41) is 9.74. The first-order valence-corrected chi connectivity index (χ1v) is 7.44. The molecule has 10 heteroatoms. The summed E-state index contributed by atoms with van der Waals surface area (Å²) in [6.07, 6.45) is 0.0972. The topological polar surface area (TPSA) is 152 Å². The zero-order valence-electron chi connectivity index (χ0n) is 12.3. The molecule has 9 nitrogen and oxygen atoms in total. The van der Waals surface area contributed by atoms with Crippen molar-refractivity contribution in [2.75, 3.05) is 13.7 Å². The Balaban J connectivity index is 2.89. The Labute approximate surface area is 134 Å². The number of rotatable bonds is 7. The van der Waals surface area contributed by atoms with Crippen molar-refractivity contribution in [3.05, 3.63) is 35.4 Å². The van der Waals surface area contributed by atoms with Crippen molar-refractivity contribution in [1.82, 2.24) is 5.32 Å². The molecule has 0 radical (unpaired) electrons. The Morgan fingerprint density at radius 1 is 1.43 bits per heavy atom. The van der Waals surface area contributed by atoms with E-state index in [1.807, 2.05) is 0 Å². The van der Waals surface area contributed by atoms with Crippen LogP contribution >= 0.6 is 0 Å². The molecule has 0 spiro atoms. The number of amidine groups is 1. The molecule has 1 rings (SSSR count). The monoisotopic (exact) mass is 340 g/mol. The fourth-order valence-electron chi connectivity index (χ4n) is 1.79. The third-order valence-electron chi connectivity index (χ3n) is 2.81. The highest BCUT2D eigenvalue weighted by atomic mass is 32.2. The third-order valence-corrected chi connectivity index (χ3v) is 3.15. The lowest BCUT2D eigenvalue weighted by atomic mass is 10.0. The highest BCUT2D eigenvalue weighted by Crippen LogP contribution is 2.08. The van der Waals surface area contributed by atoms with Gasteiger partial charge in [-0.2, -0.15) is 12.8 Å². The van der Waals surface area contributed by atoms with E-state index in [9.17, 15) is 18.0 Å². The van der Waals surface area contributed by atoms with Crippen molar-refractivity contribution in [3.63, 3.8) is 0 Å². The first-order valence-electron chi connectivity index (χ1n) is 6.41. The molecule has 1 aromatic carbocycles. The molecule has 0 aromatic heterocycles. The van der Waals surface area contributed by atoms with E-state index in [1.165, 1.54) is 7.11 Å². The van der Waals surface area contributed by atoms with Gasteiger partial charge < -0.3 is 15.8 Å². The fraction of sp³-hybridized carbons (Fsp3) is 0.308. The van der Waals surface area contributed by atoms with Gasteiger partial charge in [0.05, 0.1) is 7.11 Å². The number of hydrogen-bond donors (Lipinski definition) is 3.